The SMILES string of the molecule is Ic1cn(C2CCCCC2)cn1. The third-order valence-electron chi connectivity index (χ3n) is 2.57. The number of halogens is 1. The third kappa shape index (κ3) is 1.81. The molecule has 0 N–H and O–H groups in total. The van der Waals surface area contributed by atoms with Crippen molar-refractivity contribution in [3.8, 4) is 0 Å². The number of hydrogen-bond donors (Lipinski definition) is 0. The van der Waals surface area contributed by atoms with Gasteiger partial charge in [0.15, 0.2) is 0 Å². The first-order valence-electron chi connectivity index (χ1n) is 4.55. The Balaban J connectivity index is 2.08. The Hall–Kier alpha value is -0.0600. The normalized spacial score (nSPS) is 19.8. The number of aromatic nitrogens is 2. The number of hydrogen-bond acceptors (Lipinski definition) is 1. The molecule has 2 rings (SSSR count). The lowest BCUT2D eigenvalue weighted by Crippen LogP contribution is -2.10. The van der Waals surface area contributed by atoms with Crippen molar-refractivity contribution in [1.82, 2.24) is 9.55 Å². The van der Waals surface area contributed by atoms with E-state index in [1.54, 1.807) is 0 Å². The molecule has 0 aliphatic heterocycles. The summed E-state index contributed by atoms with van der Waals surface area (Å²) >= 11 is 2.26. The Morgan fingerprint density at radius 1 is 1.33 bits per heavy atom. The first-order valence-corrected chi connectivity index (χ1v) is 5.63. The second kappa shape index (κ2) is 3.77. The summed E-state index contributed by atoms with van der Waals surface area (Å²) < 4.78 is 3.39. The lowest BCUT2D eigenvalue weighted by molar-refractivity contribution is 0.353. The predicted molar refractivity (Wildman–Crippen MR) is 57.1 cm³/mol. The zero-order chi connectivity index (χ0) is 8.39. The summed E-state index contributed by atoms with van der Waals surface area (Å²) in [5.74, 6) is 0. The lowest BCUT2D eigenvalue weighted by atomic mass is 9.95. The minimum Gasteiger partial charge on any atom is -0.333 e. The van der Waals surface area contributed by atoms with Gasteiger partial charge in [0.1, 0.15) is 3.70 Å². The minimum absolute atomic E-state index is 0.731. The molecule has 1 saturated carbocycles. The van der Waals surface area contributed by atoms with Crippen LogP contribution in [0.3, 0.4) is 0 Å². The molecule has 0 spiro atoms. The monoisotopic (exact) mass is 276 g/mol. The summed E-state index contributed by atoms with van der Waals surface area (Å²) in [6.07, 6.45) is 11.0. The molecule has 0 amide bonds. The van der Waals surface area contributed by atoms with Crippen LogP contribution in [0.4, 0.5) is 0 Å². The van der Waals surface area contributed by atoms with Crippen LogP contribution in [0.1, 0.15) is 38.1 Å². The molecular weight excluding hydrogens is 263 g/mol. The van der Waals surface area contributed by atoms with Gasteiger partial charge in [-0.3, -0.25) is 0 Å². The van der Waals surface area contributed by atoms with E-state index < -0.39 is 0 Å². The molecule has 12 heavy (non-hydrogen) atoms. The first kappa shape index (κ1) is 8.53. The molecule has 3 heteroatoms. The standard InChI is InChI=1S/C9H13IN2/c10-9-6-12(7-11-9)8-4-2-1-3-5-8/h6-8H,1-5H2. The van der Waals surface area contributed by atoms with Crippen LogP contribution in [0.25, 0.3) is 0 Å². The van der Waals surface area contributed by atoms with Crippen LogP contribution in [0, 0.1) is 3.70 Å². The summed E-state index contributed by atoms with van der Waals surface area (Å²) in [4.78, 5) is 4.24. The molecule has 0 aromatic carbocycles. The Morgan fingerprint density at radius 3 is 2.67 bits per heavy atom. The van der Waals surface area contributed by atoms with E-state index in [0.717, 1.165) is 9.74 Å². The van der Waals surface area contributed by atoms with E-state index in [1.807, 2.05) is 6.33 Å². The van der Waals surface area contributed by atoms with Crippen molar-refractivity contribution in [3.05, 3.63) is 16.2 Å². The van der Waals surface area contributed by atoms with Crippen molar-refractivity contribution in [1.29, 1.82) is 0 Å². The molecule has 1 aromatic heterocycles. The van der Waals surface area contributed by atoms with Gasteiger partial charge in [0.2, 0.25) is 0 Å². The number of nitrogens with zero attached hydrogens (tertiary/aromatic N) is 2. The average Bonchev–Trinajstić information content (AvgIpc) is 2.54. The van der Waals surface area contributed by atoms with Gasteiger partial charge in [-0.25, -0.2) is 4.98 Å². The summed E-state index contributed by atoms with van der Waals surface area (Å²) in [6, 6.07) is 0.731. The molecule has 1 aliphatic carbocycles. The lowest BCUT2D eigenvalue weighted by Gasteiger charge is -2.22. The highest BCUT2D eigenvalue weighted by Crippen LogP contribution is 2.27. The Morgan fingerprint density at radius 2 is 2.08 bits per heavy atom. The summed E-state index contributed by atoms with van der Waals surface area (Å²) in [5, 5.41) is 0. The van der Waals surface area contributed by atoms with E-state index in [-0.39, 0.29) is 0 Å². The molecule has 66 valence electrons. The van der Waals surface area contributed by atoms with Crippen LogP contribution in [0.5, 0.6) is 0 Å². The maximum absolute atomic E-state index is 4.24. The highest BCUT2D eigenvalue weighted by atomic mass is 127. The number of imidazole rings is 1. The van der Waals surface area contributed by atoms with Gasteiger partial charge in [0.05, 0.1) is 6.33 Å². The second-order valence-electron chi connectivity index (χ2n) is 3.44. The van der Waals surface area contributed by atoms with Gasteiger partial charge in [-0.2, -0.15) is 0 Å². The predicted octanol–water partition coefficient (Wildman–Crippen LogP) is 2.99. The molecular formula is C9H13IN2. The fraction of sp³-hybridized carbons (Fsp3) is 0.667. The van der Waals surface area contributed by atoms with Crippen molar-refractivity contribution in [2.24, 2.45) is 0 Å². The van der Waals surface area contributed by atoms with Crippen LogP contribution in [0.2, 0.25) is 0 Å². The van der Waals surface area contributed by atoms with E-state index in [4.69, 9.17) is 0 Å². The van der Waals surface area contributed by atoms with Crippen molar-refractivity contribution >= 4 is 22.6 Å². The second-order valence-corrected chi connectivity index (χ2v) is 4.54. The molecule has 0 radical (unpaired) electrons. The number of rotatable bonds is 1. The van der Waals surface area contributed by atoms with Gasteiger partial charge < -0.3 is 4.57 Å². The summed E-state index contributed by atoms with van der Waals surface area (Å²) in [7, 11) is 0. The molecule has 0 unspecified atom stereocenters. The Kier molecular flexibility index (Phi) is 2.68. The van der Waals surface area contributed by atoms with E-state index >= 15 is 0 Å². The van der Waals surface area contributed by atoms with Crippen molar-refractivity contribution in [2.75, 3.05) is 0 Å². The third-order valence-corrected chi connectivity index (χ3v) is 3.12. The van der Waals surface area contributed by atoms with E-state index in [2.05, 4.69) is 38.3 Å². The largest absolute Gasteiger partial charge is 0.333 e. The molecule has 2 nitrogen and oxygen atoms in total. The first-order chi connectivity index (χ1) is 5.86. The maximum Gasteiger partial charge on any atom is 0.119 e. The molecule has 1 aliphatic rings. The Bertz CT molecular complexity index is 251. The molecule has 0 saturated heterocycles. The van der Waals surface area contributed by atoms with Gasteiger partial charge in [-0.05, 0) is 35.4 Å². The van der Waals surface area contributed by atoms with Crippen LogP contribution in [-0.4, -0.2) is 9.55 Å². The minimum atomic E-state index is 0.731. The van der Waals surface area contributed by atoms with Crippen molar-refractivity contribution < 1.29 is 0 Å². The van der Waals surface area contributed by atoms with Crippen LogP contribution < -0.4 is 0 Å². The fourth-order valence-electron chi connectivity index (χ4n) is 1.89. The topological polar surface area (TPSA) is 17.8 Å². The zero-order valence-electron chi connectivity index (χ0n) is 7.04. The van der Waals surface area contributed by atoms with Gasteiger partial charge in [-0.15, -0.1) is 0 Å². The van der Waals surface area contributed by atoms with E-state index in [0.29, 0.717) is 0 Å². The molecule has 0 atom stereocenters. The summed E-state index contributed by atoms with van der Waals surface area (Å²) in [6.45, 7) is 0. The van der Waals surface area contributed by atoms with Crippen LogP contribution in [-0.2, 0) is 0 Å². The fourth-order valence-corrected chi connectivity index (χ4v) is 2.34. The van der Waals surface area contributed by atoms with Crippen molar-refractivity contribution in [3.63, 3.8) is 0 Å². The smallest absolute Gasteiger partial charge is 0.119 e. The maximum atomic E-state index is 4.24. The molecule has 1 heterocycles. The van der Waals surface area contributed by atoms with Gasteiger partial charge in [0, 0.05) is 12.2 Å². The van der Waals surface area contributed by atoms with Crippen LogP contribution in [0.15, 0.2) is 12.5 Å². The van der Waals surface area contributed by atoms with Crippen molar-refractivity contribution in [2.45, 2.75) is 38.1 Å². The highest BCUT2D eigenvalue weighted by molar-refractivity contribution is 14.1. The van der Waals surface area contributed by atoms with Gasteiger partial charge in [-0.1, -0.05) is 19.3 Å². The van der Waals surface area contributed by atoms with Crippen LogP contribution >= 0.6 is 22.6 Å². The molecule has 1 fully saturated rings. The van der Waals surface area contributed by atoms with Gasteiger partial charge >= 0.3 is 0 Å². The highest BCUT2D eigenvalue weighted by Gasteiger charge is 2.14. The molecule has 1 aromatic rings. The average molecular weight is 276 g/mol. The van der Waals surface area contributed by atoms with E-state index in [9.17, 15) is 0 Å². The van der Waals surface area contributed by atoms with E-state index in [1.165, 1.54) is 32.1 Å². The zero-order valence-corrected chi connectivity index (χ0v) is 9.20. The van der Waals surface area contributed by atoms with Gasteiger partial charge in [0.25, 0.3) is 0 Å². The Labute approximate surface area is 86.5 Å². The quantitative estimate of drug-likeness (QED) is 0.721. The summed E-state index contributed by atoms with van der Waals surface area (Å²) in [5.41, 5.74) is 0. The molecule has 0 bridgehead atoms.